The Labute approximate surface area is 173 Å². The van der Waals surface area contributed by atoms with Gasteiger partial charge in [-0.2, -0.15) is 0 Å². The lowest BCUT2D eigenvalue weighted by Crippen LogP contribution is -2.27. The van der Waals surface area contributed by atoms with E-state index < -0.39 is 0 Å². The van der Waals surface area contributed by atoms with Crippen LogP contribution >= 0.6 is 11.3 Å². The van der Waals surface area contributed by atoms with E-state index in [0.29, 0.717) is 22.9 Å². The lowest BCUT2D eigenvalue weighted by atomic mass is 10.1. The zero-order valence-electron chi connectivity index (χ0n) is 15.9. The molecule has 0 unspecified atom stereocenters. The highest BCUT2D eigenvalue weighted by Crippen LogP contribution is 2.39. The molecule has 0 saturated heterocycles. The maximum absolute atomic E-state index is 12.9. The fourth-order valence-electron chi connectivity index (χ4n) is 3.48. The van der Waals surface area contributed by atoms with Crippen molar-refractivity contribution in [2.45, 2.75) is 25.7 Å². The van der Waals surface area contributed by atoms with Crippen LogP contribution in [0.15, 0.2) is 59.2 Å². The van der Waals surface area contributed by atoms with Crippen molar-refractivity contribution in [2.24, 2.45) is 0 Å². The lowest BCUT2D eigenvalue weighted by Gasteiger charge is -2.09. The number of carbonyl (C=O) groups is 2. The van der Waals surface area contributed by atoms with E-state index in [1.54, 1.807) is 24.5 Å². The number of hydrogen-bond acceptors (Lipinski definition) is 4. The summed E-state index contributed by atoms with van der Waals surface area (Å²) in [6.45, 7) is 0.555. The van der Waals surface area contributed by atoms with E-state index in [9.17, 15) is 9.59 Å². The Bertz CT molecular complexity index is 1020. The summed E-state index contributed by atoms with van der Waals surface area (Å²) < 4.78 is 5.20. The third-order valence-corrected chi connectivity index (χ3v) is 6.08. The molecule has 6 heteroatoms. The SMILES string of the molecule is O=C(/C=C/c1ccco1)Nc1sc2c(c1C(=O)NCCc1ccccc1)CCC2. The highest BCUT2D eigenvalue weighted by Gasteiger charge is 2.27. The summed E-state index contributed by atoms with van der Waals surface area (Å²) in [4.78, 5) is 26.5. The van der Waals surface area contributed by atoms with E-state index in [4.69, 9.17) is 4.42 Å². The third-order valence-electron chi connectivity index (χ3n) is 4.87. The highest BCUT2D eigenvalue weighted by atomic mass is 32.1. The van der Waals surface area contributed by atoms with Gasteiger partial charge in [0.2, 0.25) is 5.91 Å². The van der Waals surface area contributed by atoms with Crippen molar-refractivity contribution in [3.05, 3.63) is 82.1 Å². The molecule has 1 aliphatic rings. The molecule has 0 atom stereocenters. The highest BCUT2D eigenvalue weighted by molar-refractivity contribution is 7.17. The summed E-state index contributed by atoms with van der Waals surface area (Å²) >= 11 is 1.51. The molecule has 2 heterocycles. The fourth-order valence-corrected chi connectivity index (χ4v) is 4.77. The number of aryl methyl sites for hydroxylation is 1. The summed E-state index contributed by atoms with van der Waals surface area (Å²) in [5, 5.41) is 6.52. The van der Waals surface area contributed by atoms with Crippen molar-refractivity contribution in [1.29, 1.82) is 0 Å². The number of hydrogen-bond donors (Lipinski definition) is 2. The topological polar surface area (TPSA) is 71.3 Å². The molecule has 2 N–H and O–H groups in total. The third kappa shape index (κ3) is 4.66. The minimum Gasteiger partial charge on any atom is -0.465 e. The van der Waals surface area contributed by atoms with Gasteiger partial charge in [-0.15, -0.1) is 11.3 Å². The van der Waals surface area contributed by atoms with Gasteiger partial charge < -0.3 is 15.1 Å². The predicted molar refractivity (Wildman–Crippen MR) is 115 cm³/mol. The molecular formula is C23H22N2O3S. The molecule has 2 aromatic heterocycles. The van der Waals surface area contributed by atoms with Crippen LogP contribution in [0.25, 0.3) is 6.08 Å². The van der Waals surface area contributed by atoms with Crippen molar-refractivity contribution in [3.8, 4) is 0 Å². The molecule has 4 rings (SSSR count). The number of anilines is 1. The molecule has 1 aromatic carbocycles. The van der Waals surface area contributed by atoms with Crippen LogP contribution in [-0.4, -0.2) is 18.4 Å². The Hall–Kier alpha value is -3.12. The van der Waals surface area contributed by atoms with Gasteiger partial charge in [-0.25, -0.2) is 0 Å². The van der Waals surface area contributed by atoms with Gasteiger partial charge in [-0.1, -0.05) is 30.3 Å². The number of benzene rings is 1. The summed E-state index contributed by atoms with van der Waals surface area (Å²) in [6.07, 6.45) is 8.24. The number of carbonyl (C=O) groups excluding carboxylic acids is 2. The first-order valence-electron chi connectivity index (χ1n) is 9.70. The standard InChI is InChI=1S/C23H22N2O3S/c26-20(12-11-17-8-5-15-28-17)25-23-21(18-9-4-10-19(18)29-23)22(27)24-14-13-16-6-2-1-3-7-16/h1-3,5-8,11-12,15H,4,9-10,13-14H2,(H,24,27)(H,25,26)/b12-11+. The van der Waals surface area contributed by atoms with E-state index in [1.165, 1.54) is 27.9 Å². The molecule has 5 nitrogen and oxygen atoms in total. The molecule has 0 spiro atoms. The van der Waals surface area contributed by atoms with Gasteiger partial charge in [0.1, 0.15) is 10.8 Å². The Morgan fingerprint density at radius 1 is 1.10 bits per heavy atom. The molecule has 3 aromatic rings. The van der Waals surface area contributed by atoms with E-state index >= 15 is 0 Å². The van der Waals surface area contributed by atoms with Crippen LogP contribution < -0.4 is 10.6 Å². The summed E-state index contributed by atoms with van der Waals surface area (Å²) in [6, 6.07) is 13.6. The minimum absolute atomic E-state index is 0.120. The van der Waals surface area contributed by atoms with Crippen molar-refractivity contribution in [1.82, 2.24) is 5.32 Å². The molecular weight excluding hydrogens is 384 g/mol. The smallest absolute Gasteiger partial charge is 0.254 e. The monoisotopic (exact) mass is 406 g/mol. The van der Waals surface area contributed by atoms with Gasteiger partial charge in [0.25, 0.3) is 5.91 Å². The normalized spacial score (nSPS) is 12.8. The first-order chi connectivity index (χ1) is 14.2. The molecule has 0 bridgehead atoms. The van der Waals surface area contributed by atoms with E-state index in [-0.39, 0.29) is 11.8 Å². The van der Waals surface area contributed by atoms with Crippen LogP contribution in [0.4, 0.5) is 5.00 Å². The van der Waals surface area contributed by atoms with Crippen molar-refractivity contribution in [3.63, 3.8) is 0 Å². The number of nitrogens with one attached hydrogen (secondary N) is 2. The first-order valence-corrected chi connectivity index (χ1v) is 10.5. The Balaban J connectivity index is 1.44. The van der Waals surface area contributed by atoms with Crippen molar-refractivity contribution < 1.29 is 14.0 Å². The minimum atomic E-state index is -0.278. The van der Waals surface area contributed by atoms with Gasteiger partial charge >= 0.3 is 0 Å². The molecule has 0 radical (unpaired) electrons. The van der Waals surface area contributed by atoms with Crippen LogP contribution in [0.1, 0.15) is 38.5 Å². The van der Waals surface area contributed by atoms with Gasteiger partial charge in [-0.05, 0) is 55.0 Å². The Morgan fingerprint density at radius 2 is 1.97 bits per heavy atom. The quantitative estimate of drug-likeness (QED) is 0.569. The first kappa shape index (κ1) is 19.2. The number of rotatable bonds is 7. The van der Waals surface area contributed by atoms with Crippen LogP contribution in [0, 0.1) is 0 Å². The lowest BCUT2D eigenvalue weighted by molar-refractivity contribution is -0.111. The van der Waals surface area contributed by atoms with Crippen LogP contribution in [-0.2, 0) is 24.1 Å². The predicted octanol–water partition coefficient (Wildman–Crippen LogP) is 4.45. The van der Waals surface area contributed by atoms with Crippen molar-refractivity contribution >= 4 is 34.2 Å². The summed E-state index contributed by atoms with van der Waals surface area (Å²) in [7, 11) is 0. The zero-order valence-corrected chi connectivity index (χ0v) is 16.8. The van der Waals surface area contributed by atoms with Crippen molar-refractivity contribution in [2.75, 3.05) is 11.9 Å². The molecule has 29 heavy (non-hydrogen) atoms. The Morgan fingerprint density at radius 3 is 2.76 bits per heavy atom. The fraction of sp³-hybridized carbons (Fsp3) is 0.217. The summed E-state index contributed by atoms with van der Waals surface area (Å²) in [5.41, 5.74) is 2.88. The molecule has 148 valence electrons. The average Bonchev–Trinajstić information content (AvgIpc) is 3.45. The molecule has 0 saturated carbocycles. The second kappa shape index (κ2) is 8.92. The molecule has 2 amide bonds. The van der Waals surface area contributed by atoms with Crippen LogP contribution in [0.3, 0.4) is 0 Å². The van der Waals surface area contributed by atoms with Crippen LogP contribution in [0.2, 0.25) is 0 Å². The summed E-state index contributed by atoms with van der Waals surface area (Å²) in [5.74, 6) is 0.206. The number of amides is 2. The maximum atomic E-state index is 12.9. The number of fused-ring (bicyclic) bond motifs is 1. The molecule has 1 aliphatic carbocycles. The van der Waals surface area contributed by atoms with E-state index in [2.05, 4.69) is 10.6 Å². The average molecular weight is 407 g/mol. The number of thiophene rings is 1. The number of furan rings is 1. The van der Waals surface area contributed by atoms with Crippen LogP contribution in [0.5, 0.6) is 0 Å². The molecule has 0 aliphatic heterocycles. The second-order valence-electron chi connectivity index (χ2n) is 6.89. The second-order valence-corrected chi connectivity index (χ2v) is 8.00. The van der Waals surface area contributed by atoms with Gasteiger partial charge in [0.05, 0.1) is 11.8 Å². The van der Waals surface area contributed by atoms with E-state index in [1.807, 2.05) is 30.3 Å². The zero-order chi connectivity index (χ0) is 20.1. The maximum Gasteiger partial charge on any atom is 0.254 e. The van der Waals surface area contributed by atoms with E-state index in [0.717, 1.165) is 31.2 Å². The Kier molecular flexibility index (Phi) is 5.91. The van der Waals surface area contributed by atoms with Gasteiger partial charge in [-0.3, -0.25) is 9.59 Å². The van der Waals surface area contributed by atoms with Gasteiger partial charge in [0.15, 0.2) is 0 Å². The molecule has 0 fully saturated rings. The van der Waals surface area contributed by atoms with Gasteiger partial charge in [0, 0.05) is 17.5 Å². The largest absolute Gasteiger partial charge is 0.465 e.